The van der Waals surface area contributed by atoms with Crippen LogP contribution in [0.3, 0.4) is 0 Å². The van der Waals surface area contributed by atoms with Crippen LogP contribution in [-0.4, -0.2) is 35.6 Å². The fourth-order valence-electron chi connectivity index (χ4n) is 2.65. The van der Waals surface area contributed by atoms with Gasteiger partial charge in [-0.1, -0.05) is 31.8 Å². The normalized spacial score (nSPS) is 18.5. The lowest BCUT2D eigenvalue weighted by atomic mass is 10.1. The highest BCUT2D eigenvalue weighted by Gasteiger charge is 2.19. The van der Waals surface area contributed by atoms with Crippen molar-refractivity contribution in [2.24, 2.45) is 22.7 Å². The van der Waals surface area contributed by atoms with Gasteiger partial charge in [-0.2, -0.15) is 0 Å². The zero-order valence-corrected chi connectivity index (χ0v) is 11.2. The molecule has 4 heteroatoms. The highest BCUT2D eigenvalue weighted by Crippen LogP contribution is 2.25. The molecule has 1 rings (SSSR count). The SMILES string of the molecule is CC(C)CN(CCC(N)=NO)CC1CCCC1. The van der Waals surface area contributed by atoms with Gasteiger partial charge in [0.1, 0.15) is 5.84 Å². The molecule has 0 aromatic heterocycles. The molecule has 1 aliphatic carbocycles. The third kappa shape index (κ3) is 5.91. The second-order valence-electron chi connectivity index (χ2n) is 5.65. The van der Waals surface area contributed by atoms with Crippen molar-refractivity contribution in [2.45, 2.75) is 46.0 Å². The van der Waals surface area contributed by atoms with Crippen molar-refractivity contribution in [1.29, 1.82) is 0 Å². The number of amidine groups is 1. The quantitative estimate of drug-likeness (QED) is 0.311. The van der Waals surface area contributed by atoms with Crippen LogP contribution in [0.1, 0.15) is 46.0 Å². The summed E-state index contributed by atoms with van der Waals surface area (Å²) in [6.07, 6.45) is 6.19. The van der Waals surface area contributed by atoms with Gasteiger partial charge in [0.2, 0.25) is 0 Å². The van der Waals surface area contributed by atoms with E-state index in [-0.39, 0.29) is 0 Å². The molecule has 0 amide bonds. The molecule has 0 aliphatic heterocycles. The van der Waals surface area contributed by atoms with Crippen molar-refractivity contribution < 1.29 is 5.21 Å². The molecule has 1 aliphatic rings. The first-order valence-corrected chi connectivity index (χ1v) is 6.80. The summed E-state index contributed by atoms with van der Waals surface area (Å²) in [7, 11) is 0. The molecule has 4 nitrogen and oxygen atoms in total. The second-order valence-corrected chi connectivity index (χ2v) is 5.65. The Labute approximate surface area is 105 Å². The van der Waals surface area contributed by atoms with E-state index in [2.05, 4.69) is 23.9 Å². The molecule has 0 aromatic rings. The zero-order valence-electron chi connectivity index (χ0n) is 11.2. The van der Waals surface area contributed by atoms with E-state index < -0.39 is 0 Å². The fourth-order valence-corrected chi connectivity index (χ4v) is 2.65. The lowest BCUT2D eigenvalue weighted by Gasteiger charge is -2.26. The molecule has 100 valence electrons. The molecule has 3 N–H and O–H groups in total. The van der Waals surface area contributed by atoms with Gasteiger partial charge >= 0.3 is 0 Å². The van der Waals surface area contributed by atoms with Crippen molar-refractivity contribution in [3.63, 3.8) is 0 Å². The maximum absolute atomic E-state index is 8.56. The Morgan fingerprint density at radius 3 is 2.59 bits per heavy atom. The lowest BCUT2D eigenvalue weighted by Crippen LogP contribution is -2.34. The average Bonchev–Trinajstić information content (AvgIpc) is 2.77. The largest absolute Gasteiger partial charge is 0.409 e. The van der Waals surface area contributed by atoms with E-state index in [0.29, 0.717) is 18.2 Å². The van der Waals surface area contributed by atoms with Gasteiger partial charge in [0.15, 0.2) is 0 Å². The smallest absolute Gasteiger partial charge is 0.140 e. The van der Waals surface area contributed by atoms with Gasteiger partial charge in [-0.25, -0.2) is 0 Å². The van der Waals surface area contributed by atoms with E-state index >= 15 is 0 Å². The zero-order chi connectivity index (χ0) is 12.7. The second kappa shape index (κ2) is 7.54. The van der Waals surface area contributed by atoms with Gasteiger partial charge in [-0.15, -0.1) is 0 Å². The molecule has 0 unspecified atom stereocenters. The molecule has 1 saturated carbocycles. The minimum atomic E-state index is 0.338. The fraction of sp³-hybridized carbons (Fsp3) is 0.923. The maximum atomic E-state index is 8.56. The van der Waals surface area contributed by atoms with Gasteiger partial charge in [0.05, 0.1) is 0 Å². The highest BCUT2D eigenvalue weighted by molar-refractivity contribution is 5.79. The minimum Gasteiger partial charge on any atom is -0.409 e. The summed E-state index contributed by atoms with van der Waals surface area (Å²) >= 11 is 0. The van der Waals surface area contributed by atoms with E-state index in [1.54, 1.807) is 0 Å². The lowest BCUT2D eigenvalue weighted by molar-refractivity contribution is 0.213. The Bertz CT molecular complexity index is 235. The summed E-state index contributed by atoms with van der Waals surface area (Å²) in [6.45, 7) is 7.67. The van der Waals surface area contributed by atoms with Crippen molar-refractivity contribution in [3.8, 4) is 0 Å². The topological polar surface area (TPSA) is 61.8 Å². The standard InChI is InChI=1S/C13H27N3O/c1-11(2)9-16(8-7-13(14)15-17)10-12-5-3-4-6-12/h11-12,17H,3-10H2,1-2H3,(H2,14,15). The van der Waals surface area contributed by atoms with Crippen LogP contribution in [0.25, 0.3) is 0 Å². The predicted molar refractivity (Wildman–Crippen MR) is 71.3 cm³/mol. The molecular formula is C13H27N3O. The Kier molecular flexibility index (Phi) is 6.34. The van der Waals surface area contributed by atoms with Gasteiger partial charge in [0.25, 0.3) is 0 Å². The third-order valence-corrected chi connectivity index (χ3v) is 3.43. The van der Waals surface area contributed by atoms with Crippen molar-refractivity contribution in [2.75, 3.05) is 19.6 Å². The number of oxime groups is 1. The predicted octanol–water partition coefficient (Wildman–Crippen LogP) is 2.27. The first-order valence-electron chi connectivity index (χ1n) is 6.80. The third-order valence-electron chi connectivity index (χ3n) is 3.43. The van der Waals surface area contributed by atoms with E-state index in [4.69, 9.17) is 10.9 Å². The van der Waals surface area contributed by atoms with Crippen molar-refractivity contribution in [1.82, 2.24) is 4.90 Å². The number of nitrogens with two attached hydrogens (primary N) is 1. The van der Waals surface area contributed by atoms with Crippen LogP contribution in [0.4, 0.5) is 0 Å². The molecule has 0 saturated heterocycles. The Morgan fingerprint density at radius 1 is 1.41 bits per heavy atom. The van der Waals surface area contributed by atoms with Crippen LogP contribution in [0.5, 0.6) is 0 Å². The molecule has 17 heavy (non-hydrogen) atoms. The summed E-state index contributed by atoms with van der Waals surface area (Å²) < 4.78 is 0. The van der Waals surface area contributed by atoms with Crippen LogP contribution in [0.2, 0.25) is 0 Å². The summed E-state index contributed by atoms with van der Waals surface area (Å²) in [4.78, 5) is 2.47. The molecule has 0 heterocycles. The van der Waals surface area contributed by atoms with Gasteiger partial charge < -0.3 is 15.8 Å². The van der Waals surface area contributed by atoms with Gasteiger partial charge in [-0.05, 0) is 24.7 Å². The molecule has 1 fully saturated rings. The first-order chi connectivity index (χ1) is 8.11. The molecular weight excluding hydrogens is 214 g/mol. The molecule has 0 radical (unpaired) electrons. The molecule has 0 spiro atoms. The van der Waals surface area contributed by atoms with Crippen LogP contribution in [0.15, 0.2) is 5.16 Å². The van der Waals surface area contributed by atoms with Crippen LogP contribution < -0.4 is 5.73 Å². The Morgan fingerprint density at radius 2 is 2.06 bits per heavy atom. The van der Waals surface area contributed by atoms with E-state index in [0.717, 1.165) is 19.0 Å². The van der Waals surface area contributed by atoms with Gasteiger partial charge in [-0.3, -0.25) is 0 Å². The molecule has 0 atom stereocenters. The summed E-state index contributed by atoms with van der Waals surface area (Å²) in [6, 6.07) is 0. The van der Waals surface area contributed by atoms with Crippen LogP contribution in [-0.2, 0) is 0 Å². The first kappa shape index (κ1) is 14.3. The van der Waals surface area contributed by atoms with Crippen LogP contribution >= 0.6 is 0 Å². The highest BCUT2D eigenvalue weighted by atomic mass is 16.4. The van der Waals surface area contributed by atoms with E-state index in [1.807, 2.05) is 0 Å². The monoisotopic (exact) mass is 241 g/mol. The Hall–Kier alpha value is -0.770. The summed E-state index contributed by atoms with van der Waals surface area (Å²) in [5.74, 6) is 1.87. The van der Waals surface area contributed by atoms with Gasteiger partial charge in [0, 0.05) is 26.1 Å². The van der Waals surface area contributed by atoms with Crippen molar-refractivity contribution >= 4 is 5.84 Å². The van der Waals surface area contributed by atoms with E-state index in [9.17, 15) is 0 Å². The maximum Gasteiger partial charge on any atom is 0.140 e. The van der Waals surface area contributed by atoms with E-state index in [1.165, 1.54) is 32.2 Å². The van der Waals surface area contributed by atoms with Crippen LogP contribution in [0, 0.1) is 11.8 Å². The molecule has 0 aromatic carbocycles. The van der Waals surface area contributed by atoms with Crippen molar-refractivity contribution in [3.05, 3.63) is 0 Å². The minimum absolute atomic E-state index is 0.338. The summed E-state index contributed by atoms with van der Waals surface area (Å²) in [5.41, 5.74) is 5.53. The number of hydrogen-bond donors (Lipinski definition) is 2. The number of nitrogens with zero attached hydrogens (tertiary/aromatic N) is 2. The number of hydrogen-bond acceptors (Lipinski definition) is 3. The average molecular weight is 241 g/mol. The Balaban J connectivity index is 2.36. The number of rotatable bonds is 7. The summed E-state index contributed by atoms with van der Waals surface area (Å²) in [5, 5.41) is 11.6. The molecule has 0 bridgehead atoms.